The molecule has 8 heavy (non-hydrogen) atoms. The smallest absolute Gasteiger partial charge is 0.289 e. The largest absolute Gasteiger partial charge is 0.317 e. The van der Waals surface area contributed by atoms with Crippen molar-refractivity contribution in [1.29, 1.82) is 0 Å². The third kappa shape index (κ3) is 2.09. The Bertz CT molecular complexity index is 85.7. The fourth-order valence-corrected chi connectivity index (χ4v) is 2.55. The summed E-state index contributed by atoms with van der Waals surface area (Å²) < 4.78 is 20.2. The van der Waals surface area contributed by atoms with E-state index in [1.807, 2.05) is 6.55 Å². The van der Waals surface area contributed by atoms with Crippen molar-refractivity contribution in [2.24, 2.45) is 0 Å². The SMILES string of the molecule is COP(=O)(OC)[SiH2]C. The molecule has 0 spiro atoms. The Labute approximate surface area is 51.6 Å². The maximum Gasteiger partial charge on any atom is 0.289 e. The number of hydrogen-bond donors (Lipinski definition) is 0. The molecule has 0 aromatic rings. The van der Waals surface area contributed by atoms with Crippen molar-refractivity contribution in [2.75, 3.05) is 14.2 Å². The van der Waals surface area contributed by atoms with E-state index in [0.717, 1.165) is 0 Å². The molecule has 0 saturated heterocycles. The number of rotatable bonds is 3. The van der Waals surface area contributed by atoms with Crippen LogP contribution in [-0.4, -0.2) is 23.4 Å². The van der Waals surface area contributed by atoms with Gasteiger partial charge in [-0.2, -0.15) is 0 Å². The second kappa shape index (κ2) is 3.40. The minimum Gasteiger partial charge on any atom is -0.317 e. The second-order valence-electron chi connectivity index (χ2n) is 1.29. The highest BCUT2D eigenvalue weighted by Gasteiger charge is 2.15. The maximum atomic E-state index is 10.9. The van der Waals surface area contributed by atoms with Crippen molar-refractivity contribution in [3.8, 4) is 0 Å². The van der Waals surface area contributed by atoms with Gasteiger partial charge in [-0.05, 0) is 0 Å². The first-order valence-electron chi connectivity index (χ1n) is 2.39. The van der Waals surface area contributed by atoms with Crippen LogP contribution in [0.2, 0.25) is 6.55 Å². The molecule has 0 unspecified atom stereocenters. The Morgan fingerprint density at radius 2 is 1.75 bits per heavy atom. The highest BCUT2D eigenvalue weighted by atomic mass is 31.4. The van der Waals surface area contributed by atoms with Gasteiger partial charge in [-0.1, -0.05) is 6.55 Å². The summed E-state index contributed by atoms with van der Waals surface area (Å²) >= 11 is 0. The summed E-state index contributed by atoms with van der Waals surface area (Å²) in [6, 6.07) is 0. The van der Waals surface area contributed by atoms with E-state index in [1.165, 1.54) is 14.2 Å². The van der Waals surface area contributed by atoms with Crippen LogP contribution >= 0.6 is 7.14 Å². The van der Waals surface area contributed by atoms with E-state index in [1.54, 1.807) is 0 Å². The van der Waals surface area contributed by atoms with Gasteiger partial charge >= 0.3 is 0 Å². The van der Waals surface area contributed by atoms with Crippen LogP contribution in [0.3, 0.4) is 0 Å². The van der Waals surface area contributed by atoms with Crippen molar-refractivity contribution in [3.63, 3.8) is 0 Å². The normalized spacial score (nSPS) is 13.4. The van der Waals surface area contributed by atoms with Crippen molar-refractivity contribution in [2.45, 2.75) is 6.55 Å². The Hall–Kier alpha value is 0.367. The fraction of sp³-hybridized carbons (Fsp3) is 1.00. The lowest BCUT2D eigenvalue weighted by Crippen LogP contribution is -1.92. The average molecular weight is 154 g/mol. The zero-order valence-corrected chi connectivity index (χ0v) is 7.69. The molecule has 0 N–H and O–H groups in total. The molecule has 0 amide bonds. The summed E-state index contributed by atoms with van der Waals surface area (Å²) in [5.41, 5.74) is 0. The third-order valence-corrected chi connectivity index (χ3v) is 6.70. The van der Waals surface area contributed by atoms with Gasteiger partial charge in [0.2, 0.25) is 0 Å². The molecule has 0 aliphatic heterocycles. The van der Waals surface area contributed by atoms with Crippen LogP contribution in [0.1, 0.15) is 0 Å². The van der Waals surface area contributed by atoms with E-state index >= 15 is 0 Å². The van der Waals surface area contributed by atoms with Crippen molar-refractivity contribution >= 4 is 16.3 Å². The summed E-state index contributed by atoms with van der Waals surface area (Å²) in [6.07, 6.45) is 0. The minimum atomic E-state index is -2.52. The molecule has 0 saturated carbocycles. The quantitative estimate of drug-likeness (QED) is 0.441. The highest BCUT2D eigenvalue weighted by Crippen LogP contribution is 2.43. The second-order valence-corrected chi connectivity index (χ2v) is 8.10. The Morgan fingerprint density at radius 1 is 1.38 bits per heavy atom. The van der Waals surface area contributed by atoms with Crippen molar-refractivity contribution < 1.29 is 13.6 Å². The van der Waals surface area contributed by atoms with E-state index in [0.29, 0.717) is 0 Å². The van der Waals surface area contributed by atoms with E-state index in [9.17, 15) is 4.57 Å². The lowest BCUT2D eigenvalue weighted by molar-refractivity contribution is 0.293. The molecule has 0 fully saturated rings. The van der Waals surface area contributed by atoms with Crippen LogP contribution in [0.5, 0.6) is 0 Å². The van der Waals surface area contributed by atoms with Crippen molar-refractivity contribution in [3.05, 3.63) is 0 Å². The highest BCUT2D eigenvalue weighted by molar-refractivity contribution is 7.83. The zero-order chi connectivity index (χ0) is 6.62. The van der Waals surface area contributed by atoms with E-state index in [4.69, 9.17) is 0 Å². The van der Waals surface area contributed by atoms with Crippen LogP contribution in [0.25, 0.3) is 0 Å². The molecule has 0 bridgehead atoms. The lowest BCUT2D eigenvalue weighted by Gasteiger charge is -2.09. The van der Waals surface area contributed by atoms with Gasteiger partial charge in [0.05, 0.1) is 0 Å². The van der Waals surface area contributed by atoms with Gasteiger partial charge in [-0.3, -0.25) is 4.57 Å². The molecule has 0 aliphatic rings. The predicted molar refractivity (Wildman–Crippen MR) is 36.0 cm³/mol. The van der Waals surface area contributed by atoms with Gasteiger partial charge in [0.25, 0.3) is 7.14 Å². The van der Waals surface area contributed by atoms with Gasteiger partial charge in [0.15, 0.2) is 9.19 Å². The molecule has 50 valence electrons. The molecule has 0 aromatic carbocycles. The predicted octanol–water partition coefficient (Wildman–Crippen LogP) is 0.604. The first kappa shape index (κ1) is 8.37. The summed E-state index contributed by atoms with van der Waals surface area (Å²) in [4.78, 5) is 0. The fourth-order valence-electron chi connectivity index (χ4n) is 0.333. The Kier molecular flexibility index (Phi) is 3.56. The first-order valence-corrected chi connectivity index (χ1v) is 7.43. The van der Waals surface area contributed by atoms with E-state index in [2.05, 4.69) is 9.05 Å². The molecule has 0 aliphatic carbocycles. The van der Waals surface area contributed by atoms with Crippen LogP contribution in [-0.2, 0) is 13.6 Å². The molecule has 0 atom stereocenters. The summed E-state index contributed by atoms with van der Waals surface area (Å²) in [5, 5.41) is 0. The van der Waals surface area contributed by atoms with Crippen LogP contribution in [0.4, 0.5) is 0 Å². The van der Waals surface area contributed by atoms with E-state index < -0.39 is 16.3 Å². The van der Waals surface area contributed by atoms with Crippen LogP contribution in [0, 0.1) is 0 Å². The molecular formula is C3H11O3PSi. The monoisotopic (exact) mass is 154 g/mol. The molecule has 5 heteroatoms. The topological polar surface area (TPSA) is 35.5 Å². The van der Waals surface area contributed by atoms with Gasteiger partial charge < -0.3 is 9.05 Å². The minimum absolute atomic E-state index is 0.657. The molecule has 0 rings (SSSR count). The lowest BCUT2D eigenvalue weighted by atomic mass is 11.8. The van der Waals surface area contributed by atoms with Gasteiger partial charge in [0.1, 0.15) is 0 Å². The summed E-state index contributed by atoms with van der Waals surface area (Å²) in [7, 11) is -0.346. The third-order valence-electron chi connectivity index (χ3n) is 0.944. The van der Waals surface area contributed by atoms with E-state index in [-0.39, 0.29) is 0 Å². The Balaban J connectivity index is 3.79. The molecule has 0 heterocycles. The zero-order valence-electron chi connectivity index (χ0n) is 5.38. The summed E-state index contributed by atoms with van der Waals surface area (Å²) in [5.74, 6) is 0. The van der Waals surface area contributed by atoms with Crippen LogP contribution < -0.4 is 0 Å². The van der Waals surface area contributed by atoms with Gasteiger partial charge in [0, 0.05) is 14.2 Å². The van der Waals surface area contributed by atoms with Gasteiger partial charge in [-0.15, -0.1) is 0 Å². The maximum absolute atomic E-state index is 10.9. The molecule has 0 radical (unpaired) electrons. The molecular weight excluding hydrogens is 143 g/mol. The standard InChI is InChI=1S/C3H11O3PSi/c1-5-7(4,6-2)8-3/h8H2,1-3H3. The average Bonchev–Trinajstić information content (AvgIpc) is 1.87. The molecule has 3 nitrogen and oxygen atoms in total. The van der Waals surface area contributed by atoms with Gasteiger partial charge in [-0.25, -0.2) is 0 Å². The number of hydrogen-bond acceptors (Lipinski definition) is 3. The molecule has 0 aromatic heterocycles. The van der Waals surface area contributed by atoms with Crippen molar-refractivity contribution in [1.82, 2.24) is 0 Å². The first-order chi connectivity index (χ1) is 3.68. The van der Waals surface area contributed by atoms with Crippen LogP contribution in [0.15, 0.2) is 0 Å². The Morgan fingerprint density at radius 3 is 1.75 bits per heavy atom. The summed E-state index contributed by atoms with van der Waals surface area (Å²) in [6.45, 7) is 1.90.